The highest BCUT2D eigenvalue weighted by Crippen LogP contribution is 1.91. The van der Waals surface area contributed by atoms with Gasteiger partial charge in [-0.2, -0.15) is 0 Å². The minimum Gasteiger partial charge on any atom is -0.529 e. The summed E-state index contributed by atoms with van der Waals surface area (Å²) >= 11 is 0. The maximum Gasteiger partial charge on any atom is 0.294 e. The monoisotopic (exact) mass is 118 g/mol. The molecule has 0 spiro atoms. The molecule has 0 aliphatic heterocycles. The van der Waals surface area contributed by atoms with E-state index in [1.165, 1.54) is 0 Å². The molecule has 0 N–H and O–H groups in total. The van der Waals surface area contributed by atoms with Crippen molar-refractivity contribution >= 4 is 16.5 Å². The number of hydrogen-bond donors (Lipinski definition) is 0. The highest BCUT2D eigenvalue weighted by molar-refractivity contribution is 6.05. The van der Waals surface area contributed by atoms with Gasteiger partial charge in [0.15, 0.2) is 0 Å². The van der Waals surface area contributed by atoms with Gasteiger partial charge >= 0.3 is 0 Å². The quantitative estimate of drug-likeness (QED) is 0.432. The Labute approximate surface area is 46.4 Å². The van der Waals surface area contributed by atoms with Crippen LogP contribution in [0.5, 0.6) is 0 Å². The molecule has 0 radical (unpaired) electrons. The minimum absolute atomic E-state index is 0.0394. The molecule has 42 valence electrons. The molecule has 0 aromatic heterocycles. The highest BCUT2D eigenvalue weighted by atomic mass is 28.2. The van der Waals surface area contributed by atoms with Gasteiger partial charge in [-0.05, 0) is 0 Å². The molecule has 0 aliphatic rings. The van der Waals surface area contributed by atoms with Gasteiger partial charge < -0.3 is 4.43 Å². The lowest BCUT2D eigenvalue weighted by atomic mass is 10.2. The van der Waals surface area contributed by atoms with E-state index in [0.29, 0.717) is 10.5 Å². The van der Waals surface area contributed by atoms with E-state index < -0.39 is 0 Å². The molecule has 0 atom stereocenters. The first-order valence-electron chi connectivity index (χ1n) is 2.26. The first-order valence-corrected chi connectivity index (χ1v) is 3.08. The van der Waals surface area contributed by atoms with Crippen LogP contribution in [0.15, 0.2) is 0 Å². The molecule has 2 nitrogen and oxygen atoms in total. The van der Waals surface area contributed by atoms with Crippen LogP contribution in [0, 0.1) is 5.92 Å². The summed E-state index contributed by atoms with van der Waals surface area (Å²) in [6.07, 6.45) is 0. The van der Waals surface area contributed by atoms with Crippen LogP contribution in [0.3, 0.4) is 0 Å². The van der Waals surface area contributed by atoms with E-state index in [1.807, 2.05) is 13.8 Å². The zero-order valence-electron chi connectivity index (χ0n) is 4.89. The van der Waals surface area contributed by atoms with Gasteiger partial charge in [-0.1, -0.05) is 13.8 Å². The summed E-state index contributed by atoms with van der Waals surface area (Å²) in [6.45, 7) is 3.64. The van der Waals surface area contributed by atoms with Crippen molar-refractivity contribution in [3.63, 3.8) is 0 Å². The first kappa shape index (κ1) is 6.69. The molecule has 0 aliphatic carbocycles. The Morgan fingerprint density at radius 3 is 2.14 bits per heavy atom. The number of rotatable bonds is 1. The molecule has 0 unspecified atom stereocenters. The smallest absolute Gasteiger partial charge is 0.294 e. The Morgan fingerprint density at radius 2 is 2.14 bits per heavy atom. The van der Waals surface area contributed by atoms with Gasteiger partial charge in [0.2, 0.25) is 10.5 Å². The molecule has 0 rings (SSSR count). The van der Waals surface area contributed by atoms with Crippen LogP contribution in [0.1, 0.15) is 13.8 Å². The third kappa shape index (κ3) is 2.39. The standard InChI is InChI=1S/C4H10O2Si/c1-3(2)4(5)6-7/h3H,1-2,7H3. The Balaban J connectivity index is 3.35. The zero-order chi connectivity index (χ0) is 5.86. The fourth-order valence-electron chi connectivity index (χ4n) is 0.236. The molecule has 0 aromatic rings. The van der Waals surface area contributed by atoms with Gasteiger partial charge in [0.25, 0.3) is 5.97 Å². The van der Waals surface area contributed by atoms with E-state index in [4.69, 9.17) is 0 Å². The van der Waals surface area contributed by atoms with E-state index in [9.17, 15) is 4.79 Å². The summed E-state index contributed by atoms with van der Waals surface area (Å²) in [7, 11) is 0.521. The lowest BCUT2D eigenvalue weighted by Gasteiger charge is -1.99. The maximum absolute atomic E-state index is 10.3. The molecular formula is C4H10O2Si. The number of carbonyl (C=O) groups excluding carboxylic acids is 1. The van der Waals surface area contributed by atoms with Gasteiger partial charge in [-0.3, -0.25) is 4.79 Å². The molecule has 0 bridgehead atoms. The summed E-state index contributed by atoms with van der Waals surface area (Å²) in [6, 6.07) is 0. The molecule has 7 heavy (non-hydrogen) atoms. The predicted octanol–water partition coefficient (Wildman–Crippen LogP) is -0.534. The van der Waals surface area contributed by atoms with Crippen LogP contribution < -0.4 is 0 Å². The fraction of sp³-hybridized carbons (Fsp3) is 0.750. The normalized spacial score (nSPS) is 9.57. The molecule has 0 saturated heterocycles. The van der Waals surface area contributed by atoms with Crippen molar-refractivity contribution in [3.05, 3.63) is 0 Å². The molecule has 0 heterocycles. The van der Waals surface area contributed by atoms with Crippen LogP contribution in [-0.4, -0.2) is 16.5 Å². The third-order valence-electron chi connectivity index (χ3n) is 0.673. The van der Waals surface area contributed by atoms with Crippen LogP contribution in [0.2, 0.25) is 0 Å². The van der Waals surface area contributed by atoms with Crippen molar-refractivity contribution in [2.24, 2.45) is 5.92 Å². The van der Waals surface area contributed by atoms with Crippen molar-refractivity contribution in [2.75, 3.05) is 0 Å². The average Bonchev–Trinajstić information content (AvgIpc) is 1.65. The summed E-state index contributed by atoms with van der Waals surface area (Å²) < 4.78 is 4.51. The van der Waals surface area contributed by atoms with E-state index in [-0.39, 0.29) is 11.9 Å². The van der Waals surface area contributed by atoms with E-state index in [1.54, 1.807) is 0 Å². The minimum atomic E-state index is -0.0910. The van der Waals surface area contributed by atoms with Gasteiger partial charge in [0, 0.05) is 5.92 Å². The predicted molar refractivity (Wildman–Crippen MR) is 30.9 cm³/mol. The summed E-state index contributed by atoms with van der Waals surface area (Å²) in [4.78, 5) is 10.3. The first-order chi connectivity index (χ1) is 3.18. The Kier molecular flexibility index (Phi) is 2.67. The topological polar surface area (TPSA) is 26.3 Å². The van der Waals surface area contributed by atoms with Gasteiger partial charge in [-0.15, -0.1) is 0 Å². The summed E-state index contributed by atoms with van der Waals surface area (Å²) in [5.41, 5.74) is 0. The summed E-state index contributed by atoms with van der Waals surface area (Å²) in [5, 5.41) is 0. The van der Waals surface area contributed by atoms with Crippen LogP contribution in [-0.2, 0) is 9.22 Å². The van der Waals surface area contributed by atoms with Crippen LogP contribution in [0.4, 0.5) is 0 Å². The molecule has 0 amide bonds. The molecule has 0 saturated carbocycles. The second kappa shape index (κ2) is 2.79. The summed E-state index contributed by atoms with van der Waals surface area (Å²) in [5.74, 6) is -0.0517. The van der Waals surface area contributed by atoms with Crippen molar-refractivity contribution in [1.29, 1.82) is 0 Å². The molecule has 0 aromatic carbocycles. The van der Waals surface area contributed by atoms with Crippen LogP contribution in [0.25, 0.3) is 0 Å². The van der Waals surface area contributed by atoms with Crippen molar-refractivity contribution < 1.29 is 9.22 Å². The second-order valence-corrected chi connectivity index (χ2v) is 2.09. The molecular weight excluding hydrogens is 108 g/mol. The lowest BCUT2D eigenvalue weighted by molar-refractivity contribution is -0.137. The SMILES string of the molecule is CC(C)C(=O)O[SiH3]. The maximum atomic E-state index is 10.3. The third-order valence-corrected chi connectivity index (χ3v) is 1.07. The van der Waals surface area contributed by atoms with Crippen molar-refractivity contribution in [2.45, 2.75) is 13.8 Å². The van der Waals surface area contributed by atoms with E-state index in [0.717, 1.165) is 0 Å². The van der Waals surface area contributed by atoms with Crippen LogP contribution >= 0.6 is 0 Å². The van der Waals surface area contributed by atoms with Gasteiger partial charge in [0.1, 0.15) is 0 Å². The Hall–Kier alpha value is -0.313. The fourth-order valence-corrected chi connectivity index (χ4v) is 0.707. The van der Waals surface area contributed by atoms with Gasteiger partial charge in [-0.25, -0.2) is 0 Å². The molecule has 3 heteroatoms. The van der Waals surface area contributed by atoms with Gasteiger partial charge in [0.05, 0.1) is 0 Å². The van der Waals surface area contributed by atoms with Crippen molar-refractivity contribution in [3.8, 4) is 0 Å². The van der Waals surface area contributed by atoms with E-state index >= 15 is 0 Å². The molecule has 0 fully saturated rings. The Bertz CT molecular complexity index is 70.1. The Morgan fingerprint density at radius 1 is 1.71 bits per heavy atom. The average molecular weight is 118 g/mol. The lowest BCUT2D eigenvalue weighted by Crippen LogP contribution is -2.08. The van der Waals surface area contributed by atoms with Crippen molar-refractivity contribution in [1.82, 2.24) is 0 Å². The zero-order valence-corrected chi connectivity index (χ0v) is 6.89. The largest absolute Gasteiger partial charge is 0.529 e. The second-order valence-electron chi connectivity index (χ2n) is 1.68. The number of hydrogen-bond acceptors (Lipinski definition) is 2. The highest BCUT2D eigenvalue weighted by Gasteiger charge is 2.02. The number of carbonyl (C=O) groups is 1. The van der Waals surface area contributed by atoms with E-state index in [2.05, 4.69) is 4.43 Å².